The summed E-state index contributed by atoms with van der Waals surface area (Å²) in [6.45, 7) is -1.97. The summed E-state index contributed by atoms with van der Waals surface area (Å²) < 4.78 is 72.5. The maximum atomic E-state index is 11.7. The lowest BCUT2D eigenvalue weighted by Gasteiger charge is -2.14. The van der Waals surface area contributed by atoms with Crippen molar-refractivity contribution in [2.75, 3.05) is 13.2 Å². The van der Waals surface area contributed by atoms with Crippen molar-refractivity contribution in [3.8, 4) is 0 Å². The molecule has 0 aromatic rings. The fourth-order valence-corrected chi connectivity index (χ4v) is 0.600. The van der Waals surface area contributed by atoms with Gasteiger partial charge in [0.25, 0.3) is 0 Å². The highest BCUT2D eigenvalue weighted by Gasteiger charge is 2.37. The Hall–Kier alpha value is -0.500. The zero-order valence-corrected chi connectivity index (χ0v) is 6.99. The number of aliphatic hydroxyl groups is 2. The first-order valence-corrected chi connectivity index (χ1v) is 3.65. The molecule has 0 heterocycles. The maximum absolute atomic E-state index is 11.7. The summed E-state index contributed by atoms with van der Waals surface area (Å²) >= 11 is 0. The molecule has 0 bridgehead atoms. The van der Waals surface area contributed by atoms with Gasteiger partial charge in [-0.3, -0.25) is 0 Å². The van der Waals surface area contributed by atoms with Gasteiger partial charge in [-0.15, -0.1) is 0 Å². The van der Waals surface area contributed by atoms with Gasteiger partial charge in [0.2, 0.25) is 6.61 Å². The minimum Gasteiger partial charge on any atom is -0.427 e. The molecule has 1 atom stereocenters. The highest BCUT2D eigenvalue weighted by Crippen LogP contribution is 2.20. The Bertz CT molecular complexity index is 165. The van der Waals surface area contributed by atoms with Gasteiger partial charge in [0.05, 0.1) is 0 Å². The average molecular weight is 226 g/mol. The number of hydrogen-bond donors (Lipinski definition) is 1. The molecule has 0 aliphatic rings. The highest BCUT2D eigenvalue weighted by atomic mass is 19.4. The van der Waals surface area contributed by atoms with Gasteiger partial charge >= 0.3 is 12.4 Å². The molecule has 2 nitrogen and oxygen atoms in total. The van der Waals surface area contributed by atoms with Crippen LogP contribution < -0.4 is 5.73 Å². The third-order valence-corrected chi connectivity index (χ3v) is 1.31. The highest BCUT2D eigenvalue weighted by molar-refractivity contribution is 4.69. The SMILES string of the molecule is NC(CC[OH+]CC(F)(F)F)C(F)(F)F. The quantitative estimate of drug-likeness (QED) is 0.438. The van der Waals surface area contributed by atoms with Crippen LogP contribution in [-0.2, 0) is 0 Å². The van der Waals surface area contributed by atoms with Crippen LogP contribution in [0.4, 0.5) is 26.3 Å². The van der Waals surface area contributed by atoms with Crippen molar-refractivity contribution in [1.82, 2.24) is 0 Å². The molecule has 0 saturated carbocycles. The zero-order valence-electron chi connectivity index (χ0n) is 6.99. The first-order chi connectivity index (χ1) is 6.13. The van der Waals surface area contributed by atoms with E-state index in [2.05, 4.69) is 10.5 Å². The molecule has 0 aliphatic carbocycles. The van der Waals surface area contributed by atoms with E-state index in [0.29, 0.717) is 0 Å². The Labute approximate surface area is 76.0 Å². The van der Waals surface area contributed by atoms with E-state index in [1.165, 1.54) is 0 Å². The van der Waals surface area contributed by atoms with E-state index in [1.807, 2.05) is 0 Å². The number of halogens is 6. The average Bonchev–Trinajstić information content (AvgIpc) is 1.93. The molecule has 14 heavy (non-hydrogen) atoms. The normalized spacial score (nSPS) is 15.6. The van der Waals surface area contributed by atoms with Crippen LogP contribution in [0.15, 0.2) is 0 Å². The van der Waals surface area contributed by atoms with Crippen LogP contribution in [0.25, 0.3) is 0 Å². The third kappa shape index (κ3) is 6.96. The molecule has 0 aliphatic heterocycles. The standard InChI is InChI=1S/C6H9F6NO/c7-5(8,9)3-14-2-1-4(13)6(10,11)12/h4H,1-3,13H2/p+1. The van der Waals surface area contributed by atoms with Gasteiger partial charge in [-0.05, 0) is 0 Å². The van der Waals surface area contributed by atoms with Crippen molar-refractivity contribution in [2.24, 2.45) is 5.73 Å². The molecule has 0 rings (SSSR count). The molecule has 3 N–H and O–H groups in total. The first kappa shape index (κ1) is 13.5. The van der Waals surface area contributed by atoms with Gasteiger partial charge in [0.1, 0.15) is 12.6 Å². The van der Waals surface area contributed by atoms with Crippen LogP contribution in [0.1, 0.15) is 6.42 Å². The molecule has 1 unspecified atom stereocenters. The fourth-order valence-electron chi connectivity index (χ4n) is 0.600. The second-order valence-corrected chi connectivity index (χ2v) is 2.66. The number of rotatable bonds is 4. The van der Waals surface area contributed by atoms with Gasteiger partial charge in [0.15, 0.2) is 0 Å². The summed E-state index contributed by atoms with van der Waals surface area (Å²) in [5.41, 5.74) is 4.63. The van der Waals surface area contributed by atoms with E-state index in [0.717, 1.165) is 0 Å². The van der Waals surface area contributed by atoms with Gasteiger partial charge in [-0.1, -0.05) is 0 Å². The number of hydrogen-bond acceptors (Lipinski definition) is 1. The lowest BCUT2D eigenvalue weighted by Crippen LogP contribution is -2.38. The maximum Gasteiger partial charge on any atom is 0.458 e. The second kappa shape index (κ2) is 4.83. The van der Waals surface area contributed by atoms with E-state index >= 15 is 0 Å². The van der Waals surface area contributed by atoms with Crippen LogP contribution in [0.5, 0.6) is 0 Å². The van der Waals surface area contributed by atoms with Crippen molar-refractivity contribution in [1.29, 1.82) is 0 Å². The van der Waals surface area contributed by atoms with Crippen LogP contribution in [0.3, 0.4) is 0 Å². The van der Waals surface area contributed by atoms with E-state index in [-0.39, 0.29) is 0 Å². The van der Waals surface area contributed by atoms with Crippen molar-refractivity contribution < 1.29 is 31.1 Å². The molecule has 86 valence electrons. The predicted molar refractivity (Wildman–Crippen MR) is 36.7 cm³/mol. The summed E-state index contributed by atoms with van der Waals surface area (Å²) in [5.74, 6) is 0. The molecule has 0 spiro atoms. The van der Waals surface area contributed by atoms with E-state index in [4.69, 9.17) is 0 Å². The van der Waals surface area contributed by atoms with E-state index in [1.54, 1.807) is 0 Å². The predicted octanol–water partition coefficient (Wildman–Crippen LogP) is 1.36. The third-order valence-electron chi connectivity index (χ3n) is 1.31. The van der Waals surface area contributed by atoms with Crippen LogP contribution in [0, 0.1) is 0 Å². The zero-order chi connectivity index (χ0) is 11.4. The fraction of sp³-hybridized carbons (Fsp3) is 1.00. The van der Waals surface area contributed by atoms with Gasteiger partial charge in [0, 0.05) is 6.42 Å². The lowest BCUT2D eigenvalue weighted by atomic mass is 10.2. The summed E-state index contributed by atoms with van der Waals surface area (Å²) in [4.78, 5) is 0. The van der Waals surface area contributed by atoms with E-state index in [9.17, 15) is 26.3 Å². The van der Waals surface area contributed by atoms with E-state index < -0.39 is 38.0 Å². The Kier molecular flexibility index (Phi) is 4.66. The number of alkyl halides is 6. The van der Waals surface area contributed by atoms with Crippen molar-refractivity contribution in [2.45, 2.75) is 24.8 Å². The Morgan fingerprint density at radius 3 is 1.93 bits per heavy atom. The Morgan fingerprint density at radius 2 is 1.57 bits per heavy atom. The molecule has 0 aromatic heterocycles. The van der Waals surface area contributed by atoms with Crippen molar-refractivity contribution in [3.63, 3.8) is 0 Å². The number of ether oxygens (including phenoxy) is 1. The topological polar surface area (TPSA) is 38.8 Å². The monoisotopic (exact) mass is 226 g/mol. The lowest BCUT2D eigenvalue weighted by molar-refractivity contribution is -0.224. The van der Waals surface area contributed by atoms with Gasteiger partial charge in [-0.2, -0.15) is 26.3 Å². The van der Waals surface area contributed by atoms with Crippen LogP contribution in [0.2, 0.25) is 0 Å². The van der Waals surface area contributed by atoms with Crippen LogP contribution in [-0.4, -0.2) is 36.3 Å². The van der Waals surface area contributed by atoms with Gasteiger partial charge < -0.3 is 10.5 Å². The summed E-state index contributed by atoms with van der Waals surface area (Å²) in [6.07, 6.45) is -9.67. The van der Waals surface area contributed by atoms with Crippen molar-refractivity contribution in [3.05, 3.63) is 0 Å². The molecule has 0 radical (unpaired) electrons. The molecular weight excluding hydrogens is 216 g/mol. The summed E-state index contributed by atoms with van der Waals surface area (Å²) in [6, 6.07) is -2.11. The molecule has 0 saturated heterocycles. The number of nitrogens with two attached hydrogens (primary N) is 1. The molecular formula is C6H10F6NO+. The van der Waals surface area contributed by atoms with Gasteiger partial charge in [-0.25, -0.2) is 0 Å². The Morgan fingerprint density at radius 1 is 1.07 bits per heavy atom. The largest absolute Gasteiger partial charge is 0.458 e. The van der Waals surface area contributed by atoms with Crippen LogP contribution >= 0.6 is 0 Å². The minimum atomic E-state index is -4.58. The summed E-state index contributed by atoms with van der Waals surface area (Å²) in [5, 5.41) is 0. The molecule has 8 heteroatoms. The smallest absolute Gasteiger partial charge is 0.427 e. The molecule has 0 aromatic carbocycles. The minimum absolute atomic E-state index is 0.541. The molecule has 0 fully saturated rings. The summed E-state index contributed by atoms with van der Waals surface area (Å²) in [7, 11) is 0. The first-order valence-electron chi connectivity index (χ1n) is 3.65. The van der Waals surface area contributed by atoms with Crippen molar-refractivity contribution >= 4 is 0 Å². The Balaban J connectivity index is 3.56. The second-order valence-electron chi connectivity index (χ2n) is 2.66. The molecule has 0 amide bonds.